The molecule has 1 aromatic rings. The summed E-state index contributed by atoms with van der Waals surface area (Å²) in [5.41, 5.74) is 9.16. The first-order chi connectivity index (χ1) is 16.3. The zero-order valence-corrected chi connectivity index (χ0v) is 25.9. The molecule has 1 aromatic carbocycles. The first-order valence-corrected chi connectivity index (χ1v) is 16.8. The summed E-state index contributed by atoms with van der Waals surface area (Å²) in [7, 11) is -1.76. The Hall–Kier alpha value is -1.53. The number of anilines is 2. The molecule has 2 rings (SSSR count). The van der Waals surface area contributed by atoms with E-state index >= 15 is 0 Å². The summed E-state index contributed by atoms with van der Waals surface area (Å²) in [5, 5.41) is 10.1. The third kappa shape index (κ3) is 7.50. The van der Waals surface area contributed by atoms with Crippen molar-refractivity contribution in [3.05, 3.63) is 23.8 Å². The molecular formula is C30H54N2O3Si. The van der Waals surface area contributed by atoms with Gasteiger partial charge < -0.3 is 20.2 Å². The molecule has 0 radical (unpaired) electrons. The SMILES string of the molecule is CC(C)CN(c1ccc(C(C)C(C(=O)O)C(C)(C)C)cc1N)C1CCC(O[Si](C)(C)C(C)(C)C)CC1. The number of rotatable bonds is 9. The summed E-state index contributed by atoms with van der Waals surface area (Å²) in [4.78, 5) is 14.6. The highest BCUT2D eigenvalue weighted by Gasteiger charge is 2.40. The van der Waals surface area contributed by atoms with Crippen molar-refractivity contribution in [2.75, 3.05) is 17.2 Å². The maximum absolute atomic E-state index is 12.1. The van der Waals surface area contributed by atoms with Crippen molar-refractivity contribution in [2.24, 2.45) is 17.3 Å². The Morgan fingerprint density at radius 3 is 2.06 bits per heavy atom. The average Bonchev–Trinajstić information content (AvgIpc) is 2.70. The summed E-state index contributed by atoms with van der Waals surface area (Å²) in [5.74, 6) is -0.844. The van der Waals surface area contributed by atoms with Gasteiger partial charge in [0.2, 0.25) is 0 Å². The quantitative estimate of drug-likeness (QED) is 0.256. The molecule has 0 saturated heterocycles. The first-order valence-electron chi connectivity index (χ1n) is 13.9. The fourth-order valence-corrected chi connectivity index (χ4v) is 6.97. The molecule has 0 aromatic heterocycles. The Bertz CT molecular complexity index is 877. The first kappa shape index (κ1) is 30.7. The van der Waals surface area contributed by atoms with Crippen LogP contribution in [0.4, 0.5) is 11.4 Å². The Balaban J connectivity index is 2.23. The van der Waals surface area contributed by atoms with E-state index in [2.05, 4.69) is 64.7 Å². The van der Waals surface area contributed by atoms with Gasteiger partial charge in [-0.1, -0.05) is 68.4 Å². The van der Waals surface area contributed by atoms with Gasteiger partial charge in [0.15, 0.2) is 8.32 Å². The number of carbonyl (C=O) groups is 1. The van der Waals surface area contributed by atoms with Crippen molar-refractivity contribution in [1.82, 2.24) is 0 Å². The van der Waals surface area contributed by atoms with Crippen molar-refractivity contribution in [3.63, 3.8) is 0 Å². The Labute approximate surface area is 222 Å². The predicted octanol–water partition coefficient (Wildman–Crippen LogP) is 7.91. The number of hydrogen-bond acceptors (Lipinski definition) is 4. The molecule has 1 aliphatic carbocycles. The Morgan fingerprint density at radius 2 is 1.64 bits per heavy atom. The van der Waals surface area contributed by atoms with E-state index in [0.717, 1.165) is 49.2 Å². The lowest BCUT2D eigenvalue weighted by Gasteiger charge is -2.44. The minimum Gasteiger partial charge on any atom is -0.481 e. The lowest BCUT2D eigenvalue weighted by molar-refractivity contribution is -0.146. The monoisotopic (exact) mass is 518 g/mol. The van der Waals surface area contributed by atoms with Gasteiger partial charge in [0, 0.05) is 18.7 Å². The van der Waals surface area contributed by atoms with Crippen LogP contribution < -0.4 is 10.6 Å². The molecule has 0 spiro atoms. The minimum atomic E-state index is -1.76. The molecule has 0 amide bonds. The van der Waals surface area contributed by atoms with Crippen molar-refractivity contribution in [1.29, 1.82) is 0 Å². The average molecular weight is 519 g/mol. The van der Waals surface area contributed by atoms with Crippen LogP contribution in [0.3, 0.4) is 0 Å². The van der Waals surface area contributed by atoms with Gasteiger partial charge in [0.05, 0.1) is 17.3 Å². The largest absolute Gasteiger partial charge is 0.481 e. The molecule has 3 N–H and O–H groups in total. The highest BCUT2D eigenvalue weighted by Crippen LogP contribution is 2.42. The lowest BCUT2D eigenvalue weighted by atomic mass is 9.71. The molecule has 2 atom stereocenters. The molecule has 206 valence electrons. The van der Waals surface area contributed by atoms with E-state index in [4.69, 9.17) is 10.2 Å². The van der Waals surface area contributed by atoms with Gasteiger partial charge in [-0.05, 0) is 78.8 Å². The summed E-state index contributed by atoms with van der Waals surface area (Å²) in [6, 6.07) is 6.68. The van der Waals surface area contributed by atoms with Crippen LogP contribution in [0.5, 0.6) is 0 Å². The molecule has 0 aliphatic heterocycles. The maximum atomic E-state index is 12.1. The van der Waals surface area contributed by atoms with Crippen LogP contribution in [-0.2, 0) is 9.22 Å². The van der Waals surface area contributed by atoms with E-state index in [9.17, 15) is 9.90 Å². The molecule has 6 heteroatoms. The van der Waals surface area contributed by atoms with E-state index in [1.54, 1.807) is 0 Å². The van der Waals surface area contributed by atoms with E-state index in [1.165, 1.54) is 0 Å². The fourth-order valence-electron chi connectivity index (χ4n) is 5.55. The lowest BCUT2D eigenvalue weighted by Crippen LogP contribution is -2.47. The summed E-state index contributed by atoms with van der Waals surface area (Å²) in [6.07, 6.45) is 4.75. The van der Waals surface area contributed by atoms with Crippen LogP contribution in [0.1, 0.15) is 99.5 Å². The van der Waals surface area contributed by atoms with E-state index in [1.807, 2.05) is 33.8 Å². The van der Waals surface area contributed by atoms with Crippen LogP contribution in [0.15, 0.2) is 18.2 Å². The van der Waals surface area contributed by atoms with Gasteiger partial charge in [-0.2, -0.15) is 0 Å². The number of nitrogens with zero attached hydrogens (tertiary/aromatic N) is 1. The van der Waals surface area contributed by atoms with Crippen molar-refractivity contribution >= 4 is 25.7 Å². The molecule has 5 nitrogen and oxygen atoms in total. The normalized spacial score (nSPS) is 21.3. The second-order valence-corrected chi connectivity index (χ2v) is 18.9. The van der Waals surface area contributed by atoms with Gasteiger partial charge in [0.25, 0.3) is 0 Å². The van der Waals surface area contributed by atoms with Crippen molar-refractivity contribution < 1.29 is 14.3 Å². The van der Waals surface area contributed by atoms with E-state index in [0.29, 0.717) is 18.1 Å². The summed E-state index contributed by atoms with van der Waals surface area (Å²) in [6.45, 7) is 25.1. The topological polar surface area (TPSA) is 75.8 Å². The highest BCUT2D eigenvalue weighted by molar-refractivity contribution is 6.74. The summed E-state index contributed by atoms with van der Waals surface area (Å²) < 4.78 is 6.74. The summed E-state index contributed by atoms with van der Waals surface area (Å²) >= 11 is 0. The molecule has 36 heavy (non-hydrogen) atoms. The predicted molar refractivity (Wildman–Crippen MR) is 156 cm³/mol. The number of carboxylic acid groups (broad SMARTS) is 1. The van der Waals surface area contributed by atoms with Crippen molar-refractivity contribution in [2.45, 2.75) is 124 Å². The Kier molecular flexibility index (Phi) is 9.77. The van der Waals surface area contributed by atoms with Crippen molar-refractivity contribution in [3.8, 4) is 0 Å². The zero-order valence-electron chi connectivity index (χ0n) is 24.9. The van der Waals surface area contributed by atoms with Crippen LogP contribution in [0, 0.1) is 17.3 Å². The number of aliphatic carboxylic acids is 1. The molecule has 1 aliphatic rings. The number of hydrogen-bond donors (Lipinski definition) is 2. The molecule has 1 fully saturated rings. The molecule has 0 bridgehead atoms. The number of nitrogen functional groups attached to an aromatic ring is 1. The van der Waals surface area contributed by atoms with E-state index in [-0.39, 0.29) is 16.4 Å². The zero-order chi connectivity index (χ0) is 27.6. The second-order valence-electron chi connectivity index (χ2n) is 14.1. The standard InChI is InChI=1S/C30H54N2O3Si/c1-20(2)19-32(23-13-15-24(16-14-23)35-36(10,11)30(7,8)9)26-17-12-22(18-25(26)31)21(3)27(28(33)34)29(4,5)6/h12,17-18,20-21,23-24,27H,13-16,19,31H2,1-11H3,(H,33,34). The molecular weight excluding hydrogens is 464 g/mol. The van der Waals surface area contributed by atoms with Crippen LogP contribution in [0.2, 0.25) is 18.1 Å². The second kappa shape index (κ2) is 11.5. The number of nitrogens with two attached hydrogens (primary N) is 1. The third-order valence-corrected chi connectivity index (χ3v) is 13.0. The Morgan fingerprint density at radius 1 is 1.08 bits per heavy atom. The van der Waals surface area contributed by atoms with Gasteiger partial charge in [0.1, 0.15) is 0 Å². The van der Waals surface area contributed by atoms with Gasteiger partial charge >= 0.3 is 5.97 Å². The smallest absolute Gasteiger partial charge is 0.307 e. The fraction of sp³-hybridized carbons (Fsp3) is 0.767. The number of carboxylic acids is 1. The highest BCUT2D eigenvalue weighted by atomic mass is 28.4. The van der Waals surface area contributed by atoms with E-state index < -0.39 is 20.2 Å². The van der Waals surface area contributed by atoms with Gasteiger partial charge in [-0.25, -0.2) is 0 Å². The molecule has 0 heterocycles. The van der Waals surface area contributed by atoms with Gasteiger partial charge in [-0.3, -0.25) is 4.79 Å². The molecule has 1 saturated carbocycles. The maximum Gasteiger partial charge on any atom is 0.307 e. The molecule has 2 unspecified atom stereocenters. The van der Waals surface area contributed by atoms with Crippen LogP contribution >= 0.6 is 0 Å². The number of benzene rings is 1. The van der Waals surface area contributed by atoms with Crippen LogP contribution in [0.25, 0.3) is 0 Å². The minimum absolute atomic E-state index is 0.125. The van der Waals surface area contributed by atoms with Crippen LogP contribution in [-0.4, -0.2) is 38.1 Å². The third-order valence-electron chi connectivity index (χ3n) is 8.50. The van der Waals surface area contributed by atoms with Gasteiger partial charge in [-0.15, -0.1) is 0 Å².